The van der Waals surface area contributed by atoms with E-state index in [-0.39, 0.29) is 34.0 Å². The van der Waals surface area contributed by atoms with Gasteiger partial charge in [0.15, 0.2) is 11.4 Å². The number of nitrogens with zero attached hydrogens (tertiary/aromatic N) is 3. The second kappa shape index (κ2) is 9.74. The third-order valence-electron chi connectivity index (χ3n) is 6.54. The smallest absolute Gasteiger partial charge is 0.270 e. The first-order valence-electron chi connectivity index (χ1n) is 11.7. The fourth-order valence-corrected chi connectivity index (χ4v) is 6.42. The Morgan fingerprint density at radius 2 is 1.95 bits per heavy atom. The predicted molar refractivity (Wildman–Crippen MR) is 140 cm³/mol. The SMILES string of the molecule is CC(=O)c1ccc2c(c1C)CC[C@@H]2NC(=O)c1cc(C(=O)NCc2ccc(S(N)(=O)=O)s2)nc2ccnn12. The molecule has 0 fully saturated rings. The number of aromatic nitrogens is 3. The third-order valence-corrected chi connectivity index (χ3v) is 9.07. The van der Waals surface area contributed by atoms with Crippen LogP contribution in [0.4, 0.5) is 0 Å². The van der Waals surface area contributed by atoms with Gasteiger partial charge in [-0.25, -0.2) is 23.1 Å². The van der Waals surface area contributed by atoms with Gasteiger partial charge in [-0.2, -0.15) is 5.10 Å². The van der Waals surface area contributed by atoms with Gasteiger partial charge in [-0.15, -0.1) is 11.3 Å². The Hall–Kier alpha value is -3.94. The van der Waals surface area contributed by atoms with Crippen molar-refractivity contribution < 1.29 is 22.8 Å². The van der Waals surface area contributed by atoms with Crippen LogP contribution in [0.15, 0.2) is 46.8 Å². The fourth-order valence-electron chi connectivity index (χ4n) is 4.70. The molecule has 3 heterocycles. The molecule has 0 saturated heterocycles. The highest BCUT2D eigenvalue weighted by atomic mass is 32.2. The summed E-state index contributed by atoms with van der Waals surface area (Å²) in [5.74, 6) is -0.949. The average Bonchev–Trinajstić information content (AvgIpc) is 3.61. The highest BCUT2D eigenvalue weighted by molar-refractivity contribution is 7.91. The molecule has 0 spiro atoms. The topological polar surface area (TPSA) is 166 Å². The van der Waals surface area contributed by atoms with Crippen LogP contribution in [-0.4, -0.2) is 40.6 Å². The number of sulfonamides is 1. The lowest BCUT2D eigenvalue weighted by molar-refractivity contribution is 0.0927. The molecule has 196 valence electrons. The minimum atomic E-state index is -3.82. The zero-order valence-corrected chi connectivity index (χ0v) is 22.1. The van der Waals surface area contributed by atoms with Crippen LogP contribution < -0.4 is 15.8 Å². The average molecular weight is 553 g/mol. The molecule has 1 aromatic carbocycles. The maximum absolute atomic E-state index is 13.4. The lowest BCUT2D eigenvalue weighted by atomic mass is 9.96. The highest BCUT2D eigenvalue weighted by Gasteiger charge is 2.28. The van der Waals surface area contributed by atoms with E-state index >= 15 is 0 Å². The van der Waals surface area contributed by atoms with Crippen molar-refractivity contribution in [2.45, 2.75) is 43.5 Å². The number of nitrogens with two attached hydrogens (primary N) is 1. The summed E-state index contributed by atoms with van der Waals surface area (Å²) in [5, 5.41) is 15.1. The molecule has 3 aromatic heterocycles. The number of primary sulfonamides is 1. The van der Waals surface area contributed by atoms with E-state index in [1.54, 1.807) is 18.2 Å². The first kappa shape index (κ1) is 25.7. The van der Waals surface area contributed by atoms with Crippen molar-refractivity contribution in [1.82, 2.24) is 25.2 Å². The Bertz CT molecular complexity index is 1720. The molecular formula is C25H24N6O5S2. The highest BCUT2D eigenvalue weighted by Crippen LogP contribution is 2.35. The number of ketones is 1. The number of thiophene rings is 1. The quantitative estimate of drug-likeness (QED) is 0.296. The number of benzene rings is 1. The fraction of sp³-hybridized carbons (Fsp3) is 0.240. The second-order valence-electron chi connectivity index (χ2n) is 9.00. The van der Waals surface area contributed by atoms with E-state index in [0.717, 1.165) is 34.4 Å². The van der Waals surface area contributed by atoms with Crippen molar-refractivity contribution >= 4 is 44.6 Å². The lowest BCUT2D eigenvalue weighted by Crippen LogP contribution is -2.30. The number of hydrogen-bond donors (Lipinski definition) is 3. The molecule has 11 nitrogen and oxygen atoms in total. The van der Waals surface area contributed by atoms with Crippen LogP contribution in [0.1, 0.15) is 72.3 Å². The molecule has 4 aromatic rings. The first-order valence-corrected chi connectivity index (χ1v) is 14.1. The van der Waals surface area contributed by atoms with Crippen molar-refractivity contribution in [2.75, 3.05) is 0 Å². The van der Waals surface area contributed by atoms with E-state index in [1.165, 1.54) is 29.8 Å². The standard InChI is InChI=1S/C25H24N6O5S2/c1-13-16(14(2)32)4-5-18-17(13)6-7-19(18)30-25(34)21-11-20(29-22-9-10-28-31(21)22)24(33)27-12-15-3-8-23(37-15)38(26,35)36/h3-5,8-11,19H,6-7,12H2,1-2H3,(H,27,33)(H,30,34)(H2,26,35,36)/t19-/m0/s1. The second-order valence-corrected chi connectivity index (χ2v) is 12.0. The maximum Gasteiger partial charge on any atom is 0.270 e. The van der Waals surface area contributed by atoms with Gasteiger partial charge in [0.1, 0.15) is 15.6 Å². The van der Waals surface area contributed by atoms with E-state index in [2.05, 4.69) is 20.7 Å². The summed E-state index contributed by atoms with van der Waals surface area (Å²) in [5.41, 5.74) is 4.14. The largest absolute Gasteiger partial charge is 0.346 e. The summed E-state index contributed by atoms with van der Waals surface area (Å²) < 4.78 is 24.3. The van der Waals surface area contributed by atoms with Gasteiger partial charge in [-0.1, -0.05) is 12.1 Å². The molecule has 1 atom stereocenters. The number of Topliss-reactive ketones (excluding diaryl/α,β-unsaturated/α-hetero) is 1. The van der Waals surface area contributed by atoms with Crippen molar-refractivity contribution in [1.29, 1.82) is 0 Å². The minimum Gasteiger partial charge on any atom is -0.346 e. The molecule has 2 amide bonds. The monoisotopic (exact) mass is 552 g/mol. The van der Waals surface area contributed by atoms with Crippen LogP contribution in [0.25, 0.3) is 5.65 Å². The van der Waals surface area contributed by atoms with Gasteiger partial charge >= 0.3 is 0 Å². The molecule has 0 radical (unpaired) electrons. The zero-order chi connectivity index (χ0) is 27.2. The van der Waals surface area contributed by atoms with Crippen molar-refractivity contribution in [3.63, 3.8) is 0 Å². The van der Waals surface area contributed by atoms with Gasteiger partial charge in [0, 0.05) is 22.6 Å². The summed E-state index contributed by atoms with van der Waals surface area (Å²) in [6.45, 7) is 3.53. The molecule has 0 bridgehead atoms. The molecular weight excluding hydrogens is 528 g/mol. The van der Waals surface area contributed by atoms with Gasteiger partial charge in [0.25, 0.3) is 11.8 Å². The van der Waals surface area contributed by atoms with Gasteiger partial charge in [-0.05, 0) is 55.5 Å². The van der Waals surface area contributed by atoms with Gasteiger partial charge < -0.3 is 10.6 Å². The molecule has 1 aliphatic rings. The number of nitrogens with one attached hydrogen (secondary N) is 2. The predicted octanol–water partition coefficient (Wildman–Crippen LogP) is 2.30. The van der Waals surface area contributed by atoms with Crippen molar-refractivity contribution in [3.8, 4) is 0 Å². The number of carbonyl (C=O) groups excluding carboxylic acids is 3. The van der Waals surface area contributed by atoms with Crippen LogP contribution in [-0.2, 0) is 23.0 Å². The van der Waals surface area contributed by atoms with E-state index in [9.17, 15) is 22.8 Å². The van der Waals surface area contributed by atoms with Crippen LogP contribution >= 0.6 is 11.3 Å². The summed E-state index contributed by atoms with van der Waals surface area (Å²) >= 11 is 0.959. The van der Waals surface area contributed by atoms with E-state index < -0.39 is 21.8 Å². The molecule has 1 aliphatic carbocycles. The van der Waals surface area contributed by atoms with Gasteiger partial charge in [0.05, 0.1) is 18.8 Å². The van der Waals surface area contributed by atoms with E-state index in [4.69, 9.17) is 5.14 Å². The van der Waals surface area contributed by atoms with Crippen LogP contribution in [0.2, 0.25) is 0 Å². The number of carbonyl (C=O) groups is 3. The third kappa shape index (κ3) is 4.83. The molecule has 0 unspecified atom stereocenters. The Balaban J connectivity index is 1.36. The summed E-state index contributed by atoms with van der Waals surface area (Å²) in [6.07, 6.45) is 2.91. The Morgan fingerprint density at radius 1 is 1.16 bits per heavy atom. The summed E-state index contributed by atoms with van der Waals surface area (Å²) in [7, 11) is -3.82. The minimum absolute atomic E-state index is 0.000656. The van der Waals surface area contributed by atoms with Crippen molar-refractivity contribution in [2.24, 2.45) is 5.14 Å². The number of fused-ring (bicyclic) bond motifs is 2. The molecule has 0 aliphatic heterocycles. The van der Waals surface area contributed by atoms with Gasteiger partial charge in [0.2, 0.25) is 10.0 Å². The van der Waals surface area contributed by atoms with Gasteiger partial charge in [-0.3, -0.25) is 14.4 Å². The number of amides is 2. The summed E-state index contributed by atoms with van der Waals surface area (Å²) in [4.78, 5) is 43.1. The van der Waals surface area contributed by atoms with Crippen molar-refractivity contribution in [3.05, 3.63) is 81.1 Å². The molecule has 13 heteroatoms. The Labute approximate surface area is 222 Å². The molecule has 5 rings (SSSR count). The normalized spacial score (nSPS) is 14.9. The van der Waals surface area contributed by atoms with E-state index in [0.29, 0.717) is 22.5 Å². The number of rotatable bonds is 7. The van der Waals surface area contributed by atoms with Crippen LogP contribution in [0.3, 0.4) is 0 Å². The van der Waals surface area contributed by atoms with E-state index in [1.807, 2.05) is 13.0 Å². The lowest BCUT2D eigenvalue weighted by Gasteiger charge is -2.16. The van der Waals surface area contributed by atoms with Crippen LogP contribution in [0.5, 0.6) is 0 Å². The first-order chi connectivity index (χ1) is 18.0. The van der Waals surface area contributed by atoms with Crippen LogP contribution in [0, 0.1) is 6.92 Å². The molecule has 0 saturated carbocycles. The Morgan fingerprint density at radius 3 is 2.66 bits per heavy atom. The Kier molecular flexibility index (Phi) is 6.59. The summed E-state index contributed by atoms with van der Waals surface area (Å²) in [6, 6.07) is 9.33. The zero-order valence-electron chi connectivity index (χ0n) is 20.5. The molecule has 38 heavy (non-hydrogen) atoms. The maximum atomic E-state index is 13.4. The molecule has 4 N–H and O–H groups in total. The number of hydrogen-bond acceptors (Lipinski definition) is 8.